The fourth-order valence-corrected chi connectivity index (χ4v) is 2.06. The molecule has 0 heterocycles. The summed E-state index contributed by atoms with van der Waals surface area (Å²) in [4.78, 5) is 0. The Hall–Kier alpha value is -0.900. The first kappa shape index (κ1) is 17.2. The molecule has 114 valence electrons. The lowest BCUT2D eigenvalue weighted by Crippen LogP contribution is -2.23. The van der Waals surface area contributed by atoms with Gasteiger partial charge in [-0.1, -0.05) is 37.6 Å². The normalized spacial score (nSPS) is 12.6. The predicted octanol–water partition coefficient (Wildman–Crippen LogP) is 3.34. The SMILES string of the molecule is CCCCc1ccc(C(C)NCCOCCOC)cc1. The van der Waals surface area contributed by atoms with Crippen molar-refractivity contribution in [1.82, 2.24) is 5.32 Å². The second-order valence-electron chi connectivity index (χ2n) is 5.13. The molecule has 1 N–H and O–H groups in total. The van der Waals surface area contributed by atoms with Crippen LogP contribution in [0.2, 0.25) is 0 Å². The molecule has 0 saturated heterocycles. The lowest BCUT2D eigenvalue weighted by atomic mass is 10.0. The number of ether oxygens (including phenoxy) is 2. The van der Waals surface area contributed by atoms with Crippen LogP contribution in [0.3, 0.4) is 0 Å². The van der Waals surface area contributed by atoms with Gasteiger partial charge in [0.1, 0.15) is 0 Å². The van der Waals surface area contributed by atoms with Gasteiger partial charge in [0.05, 0.1) is 19.8 Å². The number of unbranched alkanes of at least 4 members (excludes halogenated alkanes) is 1. The summed E-state index contributed by atoms with van der Waals surface area (Å²) in [5.41, 5.74) is 2.77. The number of rotatable bonds is 11. The lowest BCUT2D eigenvalue weighted by Gasteiger charge is -2.15. The third kappa shape index (κ3) is 7.04. The standard InChI is InChI=1S/C17H29NO2/c1-4-5-6-16-7-9-17(10-8-16)15(2)18-11-12-20-14-13-19-3/h7-10,15,18H,4-6,11-14H2,1-3H3. The van der Waals surface area contributed by atoms with Crippen LogP contribution in [0.1, 0.15) is 43.9 Å². The van der Waals surface area contributed by atoms with Gasteiger partial charge in [-0.2, -0.15) is 0 Å². The van der Waals surface area contributed by atoms with E-state index in [9.17, 15) is 0 Å². The summed E-state index contributed by atoms with van der Waals surface area (Å²) in [6, 6.07) is 9.32. The van der Waals surface area contributed by atoms with E-state index in [0.717, 1.165) is 13.2 Å². The number of benzene rings is 1. The Balaban J connectivity index is 2.23. The minimum atomic E-state index is 0.362. The topological polar surface area (TPSA) is 30.5 Å². The van der Waals surface area contributed by atoms with Gasteiger partial charge in [-0.25, -0.2) is 0 Å². The first-order chi connectivity index (χ1) is 9.77. The van der Waals surface area contributed by atoms with Gasteiger partial charge in [0, 0.05) is 19.7 Å². The van der Waals surface area contributed by atoms with Crippen molar-refractivity contribution in [2.75, 3.05) is 33.5 Å². The van der Waals surface area contributed by atoms with Gasteiger partial charge in [0.25, 0.3) is 0 Å². The van der Waals surface area contributed by atoms with Crippen LogP contribution in [0.15, 0.2) is 24.3 Å². The molecule has 1 unspecified atom stereocenters. The Morgan fingerprint density at radius 2 is 1.85 bits per heavy atom. The van der Waals surface area contributed by atoms with Crippen LogP contribution in [0.25, 0.3) is 0 Å². The van der Waals surface area contributed by atoms with E-state index >= 15 is 0 Å². The van der Waals surface area contributed by atoms with E-state index in [4.69, 9.17) is 9.47 Å². The second kappa shape index (κ2) is 10.8. The number of nitrogens with one attached hydrogen (secondary N) is 1. The van der Waals surface area contributed by atoms with E-state index in [2.05, 4.69) is 43.4 Å². The summed E-state index contributed by atoms with van der Waals surface area (Å²) < 4.78 is 10.4. The van der Waals surface area contributed by atoms with E-state index in [1.54, 1.807) is 7.11 Å². The summed E-state index contributed by atoms with van der Waals surface area (Å²) in [5.74, 6) is 0. The number of hydrogen-bond donors (Lipinski definition) is 1. The third-order valence-electron chi connectivity index (χ3n) is 3.43. The molecule has 0 aliphatic heterocycles. The summed E-state index contributed by atoms with van der Waals surface area (Å²) in [7, 11) is 1.69. The van der Waals surface area contributed by atoms with Crippen LogP contribution >= 0.6 is 0 Å². The van der Waals surface area contributed by atoms with E-state index in [1.165, 1.54) is 30.4 Å². The molecule has 1 aromatic carbocycles. The molecule has 20 heavy (non-hydrogen) atoms. The maximum absolute atomic E-state index is 5.44. The van der Waals surface area contributed by atoms with Crippen molar-refractivity contribution >= 4 is 0 Å². The van der Waals surface area contributed by atoms with Crippen LogP contribution in [0.5, 0.6) is 0 Å². The molecular weight excluding hydrogens is 250 g/mol. The van der Waals surface area contributed by atoms with Crippen LogP contribution in [-0.4, -0.2) is 33.5 Å². The molecule has 0 fully saturated rings. The third-order valence-corrected chi connectivity index (χ3v) is 3.43. The van der Waals surface area contributed by atoms with Crippen molar-refractivity contribution in [2.24, 2.45) is 0 Å². The first-order valence-electron chi connectivity index (χ1n) is 7.66. The zero-order chi connectivity index (χ0) is 14.6. The van der Waals surface area contributed by atoms with Crippen molar-refractivity contribution in [1.29, 1.82) is 0 Å². The van der Waals surface area contributed by atoms with E-state index < -0.39 is 0 Å². The maximum atomic E-state index is 5.44. The van der Waals surface area contributed by atoms with Crippen LogP contribution in [0, 0.1) is 0 Å². The average Bonchev–Trinajstić information content (AvgIpc) is 2.49. The van der Waals surface area contributed by atoms with Crippen molar-refractivity contribution in [3.05, 3.63) is 35.4 Å². The van der Waals surface area contributed by atoms with Gasteiger partial charge < -0.3 is 14.8 Å². The molecule has 0 aliphatic rings. The van der Waals surface area contributed by atoms with Crippen molar-refractivity contribution in [3.63, 3.8) is 0 Å². The van der Waals surface area contributed by atoms with Crippen LogP contribution in [-0.2, 0) is 15.9 Å². The van der Waals surface area contributed by atoms with Gasteiger partial charge in [0.15, 0.2) is 0 Å². The quantitative estimate of drug-likeness (QED) is 0.630. The fourth-order valence-electron chi connectivity index (χ4n) is 2.06. The summed E-state index contributed by atoms with van der Waals surface area (Å²) in [5, 5.41) is 3.47. The molecule has 0 radical (unpaired) electrons. The average molecular weight is 279 g/mol. The van der Waals surface area contributed by atoms with E-state index in [-0.39, 0.29) is 0 Å². The van der Waals surface area contributed by atoms with E-state index in [0.29, 0.717) is 19.3 Å². The first-order valence-corrected chi connectivity index (χ1v) is 7.66. The molecule has 0 amide bonds. The highest BCUT2D eigenvalue weighted by atomic mass is 16.5. The molecule has 0 saturated carbocycles. The Labute approximate surface area is 123 Å². The second-order valence-corrected chi connectivity index (χ2v) is 5.13. The largest absolute Gasteiger partial charge is 0.382 e. The van der Waals surface area contributed by atoms with Gasteiger partial charge in [0.2, 0.25) is 0 Å². The molecule has 3 heteroatoms. The molecule has 1 aromatic rings. The van der Waals surface area contributed by atoms with E-state index in [1.807, 2.05) is 0 Å². The van der Waals surface area contributed by atoms with Crippen LogP contribution < -0.4 is 5.32 Å². The summed E-state index contributed by atoms with van der Waals surface area (Å²) >= 11 is 0. The molecule has 0 aromatic heterocycles. The van der Waals surface area contributed by atoms with Crippen molar-refractivity contribution in [2.45, 2.75) is 39.2 Å². The Morgan fingerprint density at radius 3 is 2.50 bits per heavy atom. The smallest absolute Gasteiger partial charge is 0.0700 e. The predicted molar refractivity (Wildman–Crippen MR) is 84.2 cm³/mol. The molecule has 3 nitrogen and oxygen atoms in total. The monoisotopic (exact) mass is 279 g/mol. The highest BCUT2D eigenvalue weighted by Crippen LogP contribution is 2.14. The Bertz CT molecular complexity index is 337. The van der Waals surface area contributed by atoms with Gasteiger partial charge in [-0.15, -0.1) is 0 Å². The molecule has 1 atom stereocenters. The van der Waals surface area contributed by atoms with Gasteiger partial charge in [-0.05, 0) is 30.9 Å². The number of aryl methyl sites for hydroxylation is 1. The fraction of sp³-hybridized carbons (Fsp3) is 0.647. The lowest BCUT2D eigenvalue weighted by molar-refractivity contribution is 0.0712. The number of methoxy groups -OCH3 is 1. The molecule has 0 spiro atoms. The summed E-state index contributed by atoms with van der Waals surface area (Å²) in [6.45, 7) is 7.34. The Kier molecular flexibility index (Phi) is 9.29. The molecule has 0 bridgehead atoms. The maximum Gasteiger partial charge on any atom is 0.0700 e. The molecule has 1 rings (SSSR count). The minimum Gasteiger partial charge on any atom is -0.382 e. The van der Waals surface area contributed by atoms with Crippen LogP contribution in [0.4, 0.5) is 0 Å². The van der Waals surface area contributed by atoms with Crippen molar-refractivity contribution in [3.8, 4) is 0 Å². The Morgan fingerprint density at radius 1 is 1.10 bits per heavy atom. The zero-order valence-corrected chi connectivity index (χ0v) is 13.2. The van der Waals surface area contributed by atoms with Gasteiger partial charge in [-0.3, -0.25) is 0 Å². The molecule has 0 aliphatic carbocycles. The minimum absolute atomic E-state index is 0.362. The highest BCUT2D eigenvalue weighted by molar-refractivity contribution is 5.24. The van der Waals surface area contributed by atoms with Crippen molar-refractivity contribution < 1.29 is 9.47 Å². The molecular formula is C17H29NO2. The highest BCUT2D eigenvalue weighted by Gasteiger charge is 2.04. The number of hydrogen-bond acceptors (Lipinski definition) is 3. The zero-order valence-electron chi connectivity index (χ0n) is 13.2. The summed E-state index contributed by atoms with van der Waals surface area (Å²) in [6.07, 6.45) is 3.71. The van der Waals surface area contributed by atoms with Gasteiger partial charge >= 0.3 is 0 Å².